The zero-order valence-electron chi connectivity index (χ0n) is 19.6. The van der Waals surface area contributed by atoms with Gasteiger partial charge >= 0.3 is 0 Å². The molecule has 2 aromatic heterocycles. The highest BCUT2D eigenvalue weighted by molar-refractivity contribution is 7.10. The molecule has 0 bridgehead atoms. The van der Waals surface area contributed by atoms with E-state index in [0.717, 1.165) is 60.0 Å². The zero-order chi connectivity index (χ0) is 24.8. The van der Waals surface area contributed by atoms with Gasteiger partial charge in [0.15, 0.2) is 17.4 Å². The predicted octanol–water partition coefficient (Wildman–Crippen LogP) is 6.18. The number of rotatable bonds is 6. The summed E-state index contributed by atoms with van der Waals surface area (Å²) in [6, 6.07) is 8.34. The van der Waals surface area contributed by atoms with Crippen molar-refractivity contribution >= 4 is 28.1 Å². The van der Waals surface area contributed by atoms with Crippen molar-refractivity contribution in [2.24, 2.45) is 5.92 Å². The highest BCUT2D eigenvalue weighted by atomic mass is 32.1. The van der Waals surface area contributed by atoms with Crippen molar-refractivity contribution in [3.05, 3.63) is 64.1 Å². The van der Waals surface area contributed by atoms with Crippen LogP contribution < -0.4 is 5.32 Å². The normalized spacial score (nSPS) is 20.1. The van der Waals surface area contributed by atoms with E-state index in [1.54, 1.807) is 11.3 Å². The molecule has 0 atom stereocenters. The molecule has 9 heteroatoms. The van der Waals surface area contributed by atoms with Crippen LogP contribution in [0.5, 0.6) is 5.75 Å². The number of hydrogen-bond acceptors (Lipinski definition) is 5. The van der Waals surface area contributed by atoms with Gasteiger partial charge in [-0.05, 0) is 62.6 Å². The number of carbonyl (C=O) groups excluding carboxylic acids is 1. The Morgan fingerprint density at radius 1 is 1.08 bits per heavy atom. The van der Waals surface area contributed by atoms with Gasteiger partial charge in [0.1, 0.15) is 0 Å². The fourth-order valence-electron chi connectivity index (χ4n) is 4.97. The number of thiazole rings is 1. The van der Waals surface area contributed by atoms with E-state index in [-0.39, 0.29) is 5.56 Å². The fourth-order valence-corrected chi connectivity index (χ4v) is 5.97. The highest BCUT2D eigenvalue weighted by Crippen LogP contribution is 2.42. The average Bonchev–Trinajstić information content (AvgIpc) is 3.45. The van der Waals surface area contributed by atoms with E-state index in [1.807, 2.05) is 0 Å². The third-order valence-electron chi connectivity index (χ3n) is 7.29. The minimum Gasteiger partial charge on any atom is -0.503 e. The van der Waals surface area contributed by atoms with Crippen LogP contribution in [0.1, 0.15) is 65.9 Å². The van der Waals surface area contributed by atoms with E-state index in [2.05, 4.69) is 39.8 Å². The first-order chi connectivity index (χ1) is 17.4. The first kappa shape index (κ1) is 23.1. The molecule has 2 aromatic carbocycles. The van der Waals surface area contributed by atoms with Crippen LogP contribution in [0.15, 0.2) is 41.9 Å². The molecule has 0 radical (unpaired) electrons. The molecule has 0 aliphatic heterocycles. The van der Waals surface area contributed by atoms with Gasteiger partial charge < -0.3 is 10.4 Å². The molecular formula is C27H26F2N4O2S. The molecule has 186 valence electrons. The molecule has 0 saturated heterocycles. The number of benzene rings is 2. The van der Waals surface area contributed by atoms with Crippen LogP contribution in [0.2, 0.25) is 0 Å². The molecule has 2 saturated carbocycles. The highest BCUT2D eigenvalue weighted by Gasteiger charge is 2.27. The number of carbonyl (C=O) groups is 1. The van der Waals surface area contributed by atoms with Gasteiger partial charge in [-0.1, -0.05) is 12.1 Å². The minimum atomic E-state index is -1.14. The number of phenolic OH excluding ortho intramolecular Hbond substituents is 1. The van der Waals surface area contributed by atoms with Crippen LogP contribution in [-0.4, -0.2) is 32.3 Å². The van der Waals surface area contributed by atoms with Gasteiger partial charge in [0.05, 0.1) is 22.3 Å². The second-order valence-corrected chi connectivity index (χ2v) is 10.8. The average molecular weight is 509 g/mol. The summed E-state index contributed by atoms with van der Waals surface area (Å²) in [4.78, 5) is 17.1. The monoisotopic (exact) mass is 508 g/mol. The van der Waals surface area contributed by atoms with Crippen molar-refractivity contribution in [3.8, 4) is 17.0 Å². The summed E-state index contributed by atoms with van der Waals surface area (Å²) in [6.45, 7) is 0.441. The molecule has 0 spiro atoms. The summed E-state index contributed by atoms with van der Waals surface area (Å²) in [5.74, 6) is -2.96. The van der Waals surface area contributed by atoms with Gasteiger partial charge in [-0.2, -0.15) is 5.10 Å². The lowest BCUT2D eigenvalue weighted by molar-refractivity contribution is 0.0940. The molecule has 0 unspecified atom stereocenters. The van der Waals surface area contributed by atoms with Crippen LogP contribution in [0, 0.1) is 17.6 Å². The minimum absolute atomic E-state index is 0.138. The second kappa shape index (κ2) is 9.28. The lowest BCUT2D eigenvalue weighted by atomic mass is 9.86. The summed E-state index contributed by atoms with van der Waals surface area (Å²) < 4.78 is 29.1. The summed E-state index contributed by atoms with van der Waals surface area (Å²) in [5, 5.41) is 21.3. The fraction of sp³-hybridized carbons (Fsp3) is 0.370. The number of phenols is 1. The maximum Gasteiger partial charge on any atom is 0.251 e. The van der Waals surface area contributed by atoms with E-state index >= 15 is 0 Å². The summed E-state index contributed by atoms with van der Waals surface area (Å²) >= 11 is 1.75. The Hall–Kier alpha value is -3.33. The molecule has 4 aromatic rings. The van der Waals surface area contributed by atoms with E-state index in [4.69, 9.17) is 10.1 Å². The van der Waals surface area contributed by atoms with Gasteiger partial charge in [-0.3, -0.25) is 9.48 Å². The number of nitrogens with zero attached hydrogens (tertiary/aromatic N) is 3. The Morgan fingerprint density at radius 3 is 2.56 bits per heavy atom. The van der Waals surface area contributed by atoms with Gasteiger partial charge in [-0.25, -0.2) is 13.8 Å². The zero-order valence-corrected chi connectivity index (χ0v) is 20.4. The molecule has 2 aliphatic carbocycles. The van der Waals surface area contributed by atoms with Crippen LogP contribution in [0.3, 0.4) is 0 Å². The quantitative estimate of drug-likeness (QED) is 0.326. The Labute approximate surface area is 211 Å². The van der Waals surface area contributed by atoms with Gasteiger partial charge in [0.25, 0.3) is 5.91 Å². The van der Waals surface area contributed by atoms with Crippen molar-refractivity contribution in [3.63, 3.8) is 0 Å². The Morgan fingerprint density at radius 2 is 1.83 bits per heavy atom. The number of aromatic nitrogens is 3. The Bertz CT molecular complexity index is 1410. The van der Waals surface area contributed by atoms with Crippen molar-refractivity contribution in [1.82, 2.24) is 20.1 Å². The largest absolute Gasteiger partial charge is 0.503 e. The molecule has 1 amide bonds. The lowest BCUT2D eigenvalue weighted by Gasteiger charge is -2.28. The number of amides is 1. The van der Waals surface area contributed by atoms with Crippen molar-refractivity contribution in [2.45, 2.75) is 50.5 Å². The Kier molecular flexibility index (Phi) is 5.95. The molecule has 6 nitrogen and oxygen atoms in total. The van der Waals surface area contributed by atoms with Gasteiger partial charge in [0.2, 0.25) is 0 Å². The molecular weight excluding hydrogens is 482 g/mol. The van der Waals surface area contributed by atoms with Gasteiger partial charge in [-0.15, -0.1) is 11.3 Å². The van der Waals surface area contributed by atoms with Gasteiger partial charge in [0, 0.05) is 40.6 Å². The number of nitrogens with one attached hydrogen (secondary N) is 1. The van der Waals surface area contributed by atoms with E-state index < -0.39 is 23.3 Å². The summed E-state index contributed by atoms with van der Waals surface area (Å²) in [5.41, 5.74) is 2.96. The van der Waals surface area contributed by atoms with Crippen LogP contribution in [-0.2, 0) is 0 Å². The standard InChI is InChI=1S/C27H26F2N4O2S/c28-21-9-19(10-22(29)25(21)34)26(35)30-12-15-1-7-20(8-2-15)33-13-18-6-5-17(11-23(18)32-33)24-14-36-27(31-24)16-3-4-16/h5-6,9-11,13-16,20,34H,1-4,7-8,12H2,(H,30,35)/t15-,20-. The molecule has 6 rings (SSSR count). The lowest BCUT2D eigenvalue weighted by Crippen LogP contribution is -2.31. The third-order valence-corrected chi connectivity index (χ3v) is 8.30. The van der Waals surface area contributed by atoms with Crippen LogP contribution >= 0.6 is 11.3 Å². The first-order valence-electron chi connectivity index (χ1n) is 12.4. The molecule has 2 N–H and O–H groups in total. The Balaban J connectivity index is 1.06. The van der Waals surface area contributed by atoms with Crippen LogP contribution in [0.4, 0.5) is 8.78 Å². The van der Waals surface area contributed by atoms with Crippen molar-refractivity contribution < 1.29 is 18.7 Å². The number of hydrogen-bond donors (Lipinski definition) is 2. The maximum atomic E-state index is 13.5. The SMILES string of the molecule is O=C(NC[C@H]1CC[C@H](n2cc3ccc(-c4csc(C5CC5)n4)cc3n2)CC1)c1cc(F)c(O)c(F)c1. The topological polar surface area (TPSA) is 80.0 Å². The van der Waals surface area contributed by atoms with E-state index in [0.29, 0.717) is 24.4 Å². The van der Waals surface area contributed by atoms with Crippen molar-refractivity contribution in [1.29, 1.82) is 0 Å². The number of fused-ring (bicyclic) bond motifs is 1. The maximum absolute atomic E-state index is 13.5. The third kappa shape index (κ3) is 4.59. The van der Waals surface area contributed by atoms with Crippen molar-refractivity contribution in [2.75, 3.05) is 6.54 Å². The smallest absolute Gasteiger partial charge is 0.251 e. The number of halogens is 2. The molecule has 2 heterocycles. The summed E-state index contributed by atoms with van der Waals surface area (Å²) in [7, 11) is 0. The first-order valence-corrected chi connectivity index (χ1v) is 13.2. The van der Waals surface area contributed by atoms with E-state index in [1.165, 1.54) is 17.8 Å². The molecule has 2 fully saturated rings. The predicted molar refractivity (Wildman–Crippen MR) is 134 cm³/mol. The van der Waals surface area contributed by atoms with Crippen LogP contribution in [0.25, 0.3) is 22.2 Å². The molecule has 2 aliphatic rings. The second-order valence-electron chi connectivity index (χ2n) is 9.90. The molecule has 36 heavy (non-hydrogen) atoms. The summed E-state index contributed by atoms with van der Waals surface area (Å²) in [6.07, 6.45) is 8.35. The van der Waals surface area contributed by atoms with E-state index in [9.17, 15) is 18.7 Å². The number of aromatic hydroxyl groups is 1.